The quantitative estimate of drug-likeness (QED) is 0.313. The van der Waals surface area contributed by atoms with Crippen molar-refractivity contribution in [2.24, 2.45) is 0 Å². The summed E-state index contributed by atoms with van der Waals surface area (Å²) in [6, 6.07) is 12.9. The summed E-state index contributed by atoms with van der Waals surface area (Å²) in [5, 5.41) is 18.6. The first-order valence-electron chi connectivity index (χ1n) is 9.87. The van der Waals surface area contributed by atoms with Crippen LogP contribution in [0.15, 0.2) is 30.3 Å². The van der Waals surface area contributed by atoms with E-state index in [1.54, 1.807) is 18.2 Å². The zero-order chi connectivity index (χ0) is 24.5. The summed E-state index contributed by atoms with van der Waals surface area (Å²) in [6.07, 6.45) is 5.33. The molecule has 0 unspecified atom stereocenters. The van der Waals surface area contributed by atoms with E-state index in [1.165, 1.54) is 9.13 Å². The zero-order valence-electron chi connectivity index (χ0n) is 18.7. The van der Waals surface area contributed by atoms with Gasteiger partial charge in [-0.1, -0.05) is 35.8 Å². The van der Waals surface area contributed by atoms with Crippen molar-refractivity contribution >= 4 is 11.6 Å². The van der Waals surface area contributed by atoms with Crippen LogP contribution in [0.1, 0.15) is 42.2 Å². The summed E-state index contributed by atoms with van der Waals surface area (Å²) in [5.41, 5.74) is 1.55. The van der Waals surface area contributed by atoms with Gasteiger partial charge in [-0.3, -0.25) is 14.5 Å². The minimum absolute atomic E-state index is 0. The van der Waals surface area contributed by atoms with E-state index in [0.717, 1.165) is 5.56 Å². The maximum atomic E-state index is 9.45. The van der Waals surface area contributed by atoms with Gasteiger partial charge in [0.1, 0.15) is 5.82 Å². The number of nitriles is 2. The zero-order valence-corrected chi connectivity index (χ0v) is 20.9. The van der Waals surface area contributed by atoms with E-state index in [2.05, 4.69) is 32.3 Å². The topological polar surface area (TPSA) is 118 Å². The number of aryl methyl sites for hydroxylation is 1. The number of rotatable bonds is 4. The number of pyridine rings is 2. The van der Waals surface area contributed by atoms with Crippen molar-refractivity contribution in [3.63, 3.8) is 0 Å². The molecule has 0 aliphatic carbocycles. The van der Waals surface area contributed by atoms with Crippen molar-refractivity contribution in [3.8, 4) is 23.8 Å². The van der Waals surface area contributed by atoms with Crippen LogP contribution in [0.25, 0.3) is 21.3 Å². The first-order valence-corrected chi connectivity index (χ1v) is 9.87. The maximum Gasteiger partial charge on any atom is 2.00 e. The van der Waals surface area contributed by atoms with Gasteiger partial charge in [0.2, 0.25) is 0 Å². The molecule has 10 nitrogen and oxygen atoms in total. The molecule has 0 aliphatic heterocycles. The first-order chi connectivity index (χ1) is 16.3. The summed E-state index contributed by atoms with van der Waals surface area (Å²) in [7, 11) is 0. The number of aromatic nitrogens is 6. The van der Waals surface area contributed by atoms with Gasteiger partial charge in [-0.2, -0.15) is 0 Å². The van der Waals surface area contributed by atoms with E-state index in [-0.39, 0.29) is 44.1 Å². The van der Waals surface area contributed by atoms with Gasteiger partial charge in [0.25, 0.3) is 12.1 Å². The SMILES string of the molecule is [C-]#[N+]c1n[c-]n(-c2cc(C)cc(C(C)(C)c3cccc(-n4[c-]nc(C#N)c4C#N)n3)n2)c1[N+]#[C-].[Pt+2]. The Labute approximate surface area is 216 Å². The molecular formula is C24H14N10Pt. The van der Waals surface area contributed by atoms with Crippen molar-refractivity contribution in [1.29, 1.82) is 10.5 Å². The van der Waals surface area contributed by atoms with Gasteiger partial charge in [-0.15, -0.1) is 0 Å². The largest absolute Gasteiger partial charge is 2.00 e. The minimum Gasteiger partial charge on any atom is -0.402 e. The van der Waals surface area contributed by atoms with Crippen LogP contribution >= 0.6 is 0 Å². The van der Waals surface area contributed by atoms with Gasteiger partial charge in [-0.25, -0.2) is 10.5 Å². The molecule has 0 saturated heterocycles. The average Bonchev–Trinajstić information content (AvgIpc) is 3.47. The molecule has 4 aromatic heterocycles. The third-order valence-electron chi connectivity index (χ3n) is 5.23. The molecule has 11 heteroatoms. The van der Waals surface area contributed by atoms with Crippen LogP contribution in [0, 0.1) is 55.4 Å². The molecule has 0 amide bonds. The standard InChI is InChI=1S/C24H14N10.Pt/c1-15-9-19(32-21(10-15)34-14-30-22(27-4)23(34)28-5)24(2,3)18-7-6-8-20(31-18)33-13-29-16(11-25)17(33)12-26;/h6-10H,1-3H3;/q-2;+2. The molecule has 4 heterocycles. The van der Waals surface area contributed by atoms with Crippen LogP contribution < -0.4 is 0 Å². The Hall–Kier alpha value is -4.63. The van der Waals surface area contributed by atoms with E-state index in [9.17, 15) is 10.5 Å². The van der Waals surface area contributed by atoms with Crippen LogP contribution in [0.2, 0.25) is 0 Å². The van der Waals surface area contributed by atoms with Crippen LogP contribution in [-0.2, 0) is 26.5 Å². The molecule has 0 atom stereocenters. The Bertz CT molecular complexity index is 1600. The molecule has 0 spiro atoms. The minimum atomic E-state index is -0.691. The van der Waals surface area contributed by atoms with E-state index in [4.69, 9.17) is 23.1 Å². The second-order valence-corrected chi connectivity index (χ2v) is 7.78. The summed E-state index contributed by atoms with van der Waals surface area (Å²) in [5.74, 6) is 0.824. The monoisotopic (exact) mass is 637 g/mol. The summed E-state index contributed by atoms with van der Waals surface area (Å²) >= 11 is 0. The third-order valence-corrected chi connectivity index (χ3v) is 5.23. The molecule has 0 saturated carbocycles. The van der Waals surface area contributed by atoms with Gasteiger partial charge in [-0.05, 0) is 39.0 Å². The molecule has 4 aromatic rings. The molecule has 0 N–H and O–H groups in total. The summed E-state index contributed by atoms with van der Waals surface area (Å²) < 4.78 is 2.72. The van der Waals surface area contributed by atoms with Gasteiger partial charge < -0.3 is 19.2 Å². The van der Waals surface area contributed by atoms with E-state index >= 15 is 0 Å². The third kappa shape index (κ3) is 4.32. The van der Waals surface area contributed by atoms with E-state index in [0.29, 0.717) is 23.0 Å². The van der Waals surface area contributed by atoms with Crippen LogP contribution in [0.3, 0.4) is 0 Å². The molecule has 0 aliphatic rings. The maximum absolute atomic E-state index is 9.45. The predicted molar refractivity (Wildman–Crippen MR) is 119 cm³/mol. The van der Waals surface area contributed by atoms with Crippen LogP contribution in [-0.4, -0.2) is 29.1 Å². The van der Waals surface area contributed by atoms with Crippen LogP contribution in [0.5, 0.6) is 0 Å². The Morgan fingerprint density at radius 1 is 0.943 bits per heavy atom. The van der Waals surface area contributed by atoms with Gasteiger partial charge in [0, 0.05) is 28.8 Å². The molecule has 0 bridgehead atoms. The Balaban J connectivity index is 0.00000342. The molecule has 4 rings (SSSR count). The fraction of sp³-hybridized carbons (Fsp3) is 0.167. The second-order valence-electron chi connectivity index (χ2n) is 7.78. The number of hydrogen-bond donors (Lipinski definition) is 0. The van der Waals surface area contributed by atoms with Gasteiger partial charge in [0.15, 0.2) is 0 Å². The summed E-state index contributed by atoms with van der Waals surface area (Å²) in [6.45, 7) is 20.4. The van der Waals surface area contributed by atoms with Gasteiger partial charge >= 0.3 is 26.9 Å². The molecule has 170 valence electrons. The Morgan fingerprint density at radius 2 is 1.66 bits per heavy atom. The van der Waals surface area contributed by atoms with Gasteiger partial charge in [0.05, 0.1) is 23.7 Å². The Morgan fingerprint density at radius 3 is 2.31 bits per heavy atom. The van der Waals surface area contributed by atoms with Crippen molar-refractivity contribution in [2.75, 3.05) is 0 Å². The number of imidazole rings is 2. The number of nitrogens with zero attached hydrogens (tertiary/aromatic N) is 10. The molecule has 0 fully saturated rings. The van der Waals surface area contributed by atoms with E-state index in [1.807, 2.05) is 45.0 Å². The smallest absolute Gasteiger partial charge is 0.402 e. The first kappa shape index (κ1) is 25.0. The fourth-order valence-electron chi connectivity index (χ4n) is 3.40. The predicted octanol–water partition coefficient (Wildman–Crippen LogP) is 3.93. The molecular weight excluding hydrogens is 623 g/mol. The normalized spacial score (nSPS) is 10.4. The van der Waals surface area contributed by atoms with Crippen molar-refractivity contribution in [2.45, 2.75) is 26.2 Å². The van der Waals surface area contributed by atoms with Crippen LogP contribution in [0.4, 0.5) is 11.6 Å². The van der Waals surface area contributed by atoms with Crippen molar-refractivity contribution in [1.82, 2.24) is 29.1 Å². The number of hydrogen-bond acceptors (Lipinski definition) is 6. The van der Waals surface area contributed by atoms with E-state index < -0.39 is 5.41 Å². The molecule has 35 heavy (non-hydrogen) atoms. The molecule has 0 radical (unpaired) electrons. The average molecular weight is 638 g/mol. The fourth-order valence-corrected chi connectivity index (χ4v) is 3.40. The second kappa shape index (κ2) is 9.70. The molecule has 0 aromatic carbocycles. The van der Waals surface area contributed by atoms with Crippen molar-refractivity contribution in [3.05, 3.63) is 94.2 Å². The Kier molecular flexibility index (Phi) is 6.93. The van der Waals surface area contributed by atoms with Crippen molar-refractivity contribution < 1.29 is 21.1 Å². The summed E-state index contributed by atoms with van der Waals surface area (Å²) in [4.78, 5) is 23.9.